The molecule has 1 atom stereocenters. The van der Waals surface area contributed by atoms with Crippen molar-refractivity contribution < 1.29 is 4.79 Å². The summed E-state index contributed by atoms with van der Waals surface area (Å²) in [4.78, 5) is 16.6. The number of nitrogens with one attached hydrogen (secondary N) is 1. The van der Waals surface area contributed by atoms with Gasteiger partial charge < -0.3 is 5.32 Å². The summed E-state index contributed by atoms with van der Waals surface area (Å²) in [5.41, 5.74) is 4.40. The molecule has 0 bridgehead atoms. The molecule has 176 valence electrons. The van der Waals surface area contributed by atoms with Crippen molar-refractivity contribution in [3.8, 4) is 6.07 Å². The number of hydrogen-bond donors (Lipinski definition) is 1. The molecule has 1 aromatic heterocycles. The van der Waals surface area contributed by atoms with Gasteiger partial charge in [0.25, 0.3) is 0 Å². The maximum Gasteiger partial charge on any atom is 0.239 e. The molecule has 1 aliphatic carbocycles. The van der Waals surface area contributed by atoms with Gasteiger partial charge in [-0.15, -0.1) is 11.3 Å². The van der Waals surface area contributed by atoms with Crippen LogP contribution in [0.3, 0.4) is 0 Å². The highest BCUT2D eigenvalue weighted by Crippen LogP contribution is 2.44. The molecule has 4 nitrogen and oxygen atoms in total. The monoisotopic (exact) mass is 471 g/mol. The zero-order valence-corrected chi connectivity index (χ0v) is 21.1. The molecule has 1 heterocycles. The first-order chi connectivity index (χ1) is 16.3. The number of hydrogen-bond acceptors (Lipinski definition) is 4. The van der Waals surface area contributed by atoms with E-state index in [1.54, 1.807) is 11.3 Å². The van der Waals surface area contributed by atoms with E-state index in [-0.39, 0.29) is 17.9 Å². The Hall–Kier alpha value is -2.94. The van der Waals surface area contributed by atoms with Crippen LogP contribution in [-0.2, 0) is 30.7 Å². The second-order valence-electron chi connectivity index (χ2n) is 10.3. The standard InChI is InChI=1S/C29H33N3OS/c1-29(2,3)23-14-15-24-25(17-30)28(34-26(24)16-23)31-27(33)20-32(18-21-10-6-4-7-11-21)19-22-12-8-5-9-13-22/h4-13,23H,14-16,18-20H2,1-3H3,(H,31,33). The molecule has 3 aromatic rings. The molecule has 1 aliphatic rings. The second-order valence-corrected chi connectivity index (χ2v) is 11.4. The number of rotatable bonds is 7. The zero-order valence-electron chi connectivity index (χ0n) is 20.3. The first-order valence-electron chi connectivity index (χ1n) is 12.0. The maximum absolute atomic E-state index is 13.2. The average Bonchev–Trinajstić information content (AvgIpc) is 3.15. The molecular formula is C29H33N3OS. The van der Waals surface area contributed by atoms with Crippen LogP contribution in [0.15, 0.2) is 60.7 Å². The minimum absolute atomic E-state index is 0.0747. The highest BCUT2D eigenvalue weighted by molar-refractivity contribution is 7.16. The van der Waals surface area contributed by atoms with E-state index in [2.05, 4.69) is 61.3 Å². The summed E-state index contributed by atoms with van der Waals surface area (Å²) in [6.07, 6.45) is 3.00. The van der Waals surface area contributed by atoms with Gasteiger partial charge in [-0.3, -0.25) is 9.69 Å². The molecule has 2 aromatic carbocycles. The van der Waals surface area contributed by atoms with Crippen molar-refractivity contribution in [1.82, 2.24) is 4.90 Å². The normalized spacial score (nSPS) is 15.6. The SMILES string of the molecule is CC(C)(C)C1CCc2c(sc(NC(=O)CN(Cc3ccccc3)Cc3ccccc3)c2C#N)C1. The highest BCUT2D eigenvalue weighted by Gasteiger charge is 2.32. The molecule has 0 fully saturated rings. The molecule has 0 spiro atoms. The Balaban J connectivity index is 1.49. The molecule has 1 N–H and O–H groups in total. The van der Waals surface area contributed by atoms with Crippen LogP contribution in [0.5, 0.6) is 0 Å². The summed E-state index contributed by atoms with van der Waals surface area (Å²) in [6, 6.07) is 22.8. The number of amides is 1. The third kappa shape index (κ3) is 5.94. The first-order valence-corrected chi connectivity index (χ1v) is 12.8. The number of fused-ring (bicyclic) bond motifs is 1. The van der Waals surface area contributed by atoms with Crippen molar-refractivity contribution in [2.45, 2.75) is 53.1 Å². The van der Waals surface area contributed by atoms with Crippen molar-refractivity contribution in [3.63, 3.8) is 0 Å². The predicted molar refractivity (Wildman–Crippen MR) is 140 cm³/mol. The van der Waals surface area contributed by atoms with E-state index in [0.717, 1.165) is 24.8 Å². The van der Waals surface area contributed by atoms with Crippen molar-refractivity contribution in [1.29, 1.82) is 5.26 Å². The van der Waals surface area contributed by atoms with Crippen LogP contribution >= 0.6 is 11.3 Å². The summed E-state index contributed by atoms with van der Waals surface area (Å²) >= 11 is 1.60. The molecule has 0 saturated heterocycles. The molecular weight excluding hydrogens is 438 g/mol. The number of benzene rings is 2. The van der Waals surface area contributed by atoms with Gasteiger partial charge in [-0.25, -0.2) is 0 Å². The number of carbonyl (C=O) groups excluding carboxylic acids is 1. The summed E-state index contributed by atoms with van der Waals surface area (Å²) in [5, 5.41) is 13.7. The lowest BCUT2D eigenvalue weighted by Crippen LogP contribution is -2.32. The van der Waals surface area contributed by atoms with Crippen LogP contribution in [0.1, 0.15) is 54.3 Å². The third-order valence-corrected chi connectivity index (χ3v) is 7.89. The van der Waals surface area contributed by atoms with Gasteiger partial charge in [0.05, 0.1) is 12.1 Å². The van der Waals surface area contributed by atoms with Crippen LogP contribution in [0.2, 0.25) is 0 Å². The molecule has 1 amide bonds. The minimum atomic E-state index is -0.0747. The molecule has 34 heavy (non-hydrogen) atoms. The molecule has 0 aliphatic heterocycles. The van der Waals surface area contributed by atoms with Gasteiger partial charge in [0.2, 0.25) is 5.91 Å². The Bertz CT molecular complexity index is 1110. The quantitative estimate of drug-likeness (QED) is 0.433. The van der Waals surface area contributed by atoms with Gasteiger partial charge >= 0.3 is 0 Å². The number of nitriles is 1. The summed E-state index contributed by atoms with van der Waals surface area (Å²) < 4.78 is 0. The topological polar surface area (TPSA) is 56.1 Å². The van der Waals surface area contributed by atoms with Gasteiger partial charge in [-0.1, -0.05) is 81.4 Å². The summed E-state index contributed by atoms with van der Waals surface area (Å²) in [7, 11) is 0. The van der Waals surface area contributed by atoms with E-state index in [1.165, 1.54) is 16.0 Å². The van der Waals surface area contributed by atoms with Crippen LogP contribution in [-0.4, -0.2) is 17.4 Å². The molecule has 1 unspecified atom stereocenters. The first kappa shape index (κ1) is 24.2. The van der Waals surface area contributed by atoms with Crippen molar-refractivity contribution in [3.05, 3.63) is 87.8 Å². The molecule has 5 heteroatoms. The highest BCUT2D eigenvalue weighted by atomic mass is 32.1. The van der Waals surface area contributed by atoms with Gasteiger partial charge in [0.15, 0.2) is 0 Å². The summed E-state index contributed by atoms with van der Waals surface area (Å²) in [6.45, 7) is 8.50. The van der Waals surface area contributed by atoms with E-state index in [1.807, 2.05) is 36.4 Å². The lowest BCUT2D eigenvalue weighted by atomic mass is 9.72. The van der Waals surface area contributed by atoms with Gasteiger partial charge in [-0.05, 0) is 47.3 Å². The number of nitrogens with zero attached hydrogens (tertiary/aromatic N) is 2. The molecule has 0 radical (unpaired) electrons. The maximum atomic E-state index is 13.2. The molecule has 0 saturated carbocycles. The third-order valence-electron chi connectivity index (χ3n) is 6.72. The second kappa shape index (κ2) is 10.5. The van der Waals surface area contributed by atoms with Crippen molar-refractivity contribution >= 4 is 22.2 Å². The lowest BCUT2D eigenvalue weighted by molar-refractivity contribution is -0.117. The number of carbonyl (C=O) groups is 1. The zero-order chi connectivity index (χ0) is 24.1. The predicted octanol–water partition coefficient (Wildman–Crippen LogP) is 6.41. The van der Waals surface area contributed by atoms with E-state index in [9.17, 15) is 10.1 Å². The van der Waals surface area contributed by atoms with Crippen LogP contribution < -0.4 is 5.32 Å². The fourth-order valence-electron chi connectivity index (χ4n) is 4.75. The smallest absolute Gasteiger partial charge is 0.239 e. The fraction of sp³-hybridized carbons (Fsp3) is 0.379. The lowest BCUT2D eigenvalue weighted by Gasteiger charge is -2.33. The fourth-order valence-corrected chi connectivity index (χ4v) is 6.05. The Labute approximate surface area is 207 Å². The Kier molecular flexibility index (Phi) is 7.50. The van der Waals surface area contributed by atoms with Crippen LogP contribution in [0.4, 0.5) is 5.00 Å². The average molecular weight is 472 g/mol. The Morgan fingerprint density at radius 1 is 1.06 bits per heavy atom. The van der Waals surface area contributed by atoms with Crippen LogP contribution in [0, 0.1) is 22.7 Å². The van der Waals surface area contributed by atoms with E-state index < -0.39 is 0 Å². The van der Waals surface area contributed by atoms with E-state index >= 15 is 0 Å². The Morgan fingerprint density at radius 3 is 2.18 bits per heavy atom. The van der Waals surface area contributed by atoms with Crippen LogP contribution in [0.25, 0.3) is 0 Å². The summed E-state index contributed by atoms with van der Waals surface area (Å²) in [5.74, 6) is 0.523. The Morgan fingerprint density at radius 2 is 1.65 bits per heavy atom. The van der Waals surface area contributed by atoms with Crippen molar-refractivity contribution in [2.75, 3.05) is 11.9 Å². The van der Waals surface area contributed by atoms with E-state index in [0.29, 0.717) is 29.6 Å². The number of thiophene rings is 1. The van der Waals surface area contributed by atoms with Crippen molar-refractivity contribution in [2.24, 2.45) is 11.3 Å². The minimum Gasteiger partial charge on any atom is -0.315 e. The molecule has 4 rings (SSSR count). The number of anilines is 1. The van der Waals surface area contributed by atoms with Gasteiger partial charge in [-0.2, -0.15) is 5.26 Å². The van der Waals surface area contributed by atoms with Gasteiger partial charge in [0.1, 0.15) is 11.1 Å². The van der Waals surface area contributed by atoms with Gasteiger partial charge in [0, 0.05) is 18.0 Å². The van der Waals surface area contributed by atoms with E-state index in [4.69, 9.17) is 0 Å². The largest absolute Gasteiger partial charge is 0.315 e.